The number of halogens is 2. The summed E-state index contributed by atoms with van der Waals surface area (Å²) < 4.78 is 13.9. The zero-order valence-electron chi connectivity index (χ0n) is 15.0. The average Bonchev–Trinajstić information content (AvgIpc) is 2.68. The first kappa shape index (κ1) is 18.2. The zero-order valence-corrected chi connectivity index (χ0v) is 15.8. The van der Waals surface area contributed by atoms with Crippen LogP contribution in [0.1, 0.15) is 47.3 Å². The Balaban J connectivity index is 1.41. The number of nitrogens with zero attached hydrogens (tertiary/aromatic N) is 3. The second kappa shape index (κ2) is 7.80. The van der Waals surface area contributed by atoms with Gasteiger partial charge in [0.05, 0.1) is 10.6 Å². The molecule has 1 aliphatic heterocycles. The van der Waals surface area contributed by atoms with Crippen LogP contribution in [0.15, 0.2) is 24.5 Å². The topological polar surface area (TPSA) is 58.1 Å². The molecule has 1 aromatic carbocycles. The highest BCUT2D eigenvalue weighted by Crippen LogP contribution is 2.29. The number of hydrogen-bond donors (Lipinski definition) is 1. The summed E-state index contributed by atoms with van der Waals surface area (Å²) in [6, 6.07) is 4.28. The van der Waals surface area contributed by atoms with Crippen molar-refractivity contribution in [1.29, 1.82) is 0 Å². The Labute approximate surface area is 163 Å². The third-order valence-corrected chi connectivity index (χ3v) is 5.74. The van der Waals surface area contributed by atoms with Gasteiger partial charge in [-0.15, -0.1) is 0 Å². The van der Waals surface area contributed by atoms with Crippen LogP contribution in [0.5, 0.6) is 0 Å². The Hall–Kier alpha value is -2.21. The molecule has 2 aliphatic rings. The lowest BCUT2D eigenvalue weighted by atomic mass is 9.95. The van der Waals surface area contributed by atoms with Gasteiger partial charge >= 0.3 is 0 Å². The number of benzene rings is 1. The van der Waals surface area contributed by atoms with Crippen LogP contribution in [0.4, 0.5) is 10.2 Å². The molecule has 27 heavy (non-hydrogen) atoms. The van der Waals surface area contributed by atoms with Gasteiger partial charge in [-0.05, 0) is 50.7 Å². The standard InChI is InChI=1S/C20H22ClFN4O/c21-15-5-3-6-16(22)18(15)20(27)25-13-8-10-26(11-9-13)19-14-4-1-2-7-17(14)23-12-24-19/h3,5-6,12-13H,1-2,4,7-11H2,(H,25,27). The van der Waals surface area contributed by atoms with Crippen LogP contribution < -0.4 is 10.2 Å². The van der Waals surface area contributed by atoms with Crippen LogP contribution in [0.2, 0.25) is 5.02 Å². The molecule has 142 valence electrons. The van der Waals surface area contributed by atoms with E-state index in [0.29, 0.717) is 0 Å². The van der Waals surface area contributed by atoms with Crippen molar-refractivity contribution in [2.24, 2.45) is 0 Å². The number of hydrogen-bond acceptors (Lipinski definition) is 4. The van der Waals surface area contributed by atoms with Crippen LogP contribution in [0.25, 0.3) is 0 Å². The van der Waals surface area contributed by atoms with E-state index in [-0.39, 0.29) is 16.6 Å². The molecule has 4 rings (SSSR count). The lowest BCUT2D eigenvalue weighted by molar-refractivity contribution is 0.0927. The maximum absolute atomic E-state index is 13.9. The van der Waals surface area contributed by atoms with E-state index in [1.165, 1.54) is 42.3 Å². The molecule has 0 bridgehead atoms. The Kier molecular flexibility index (Phi) is 5.25. The van der Waals surface area contributed by atoms with Gasteiger partial charge in [0.2, 0.25) is 0 Å². The minimum absolute atomic E-state index is 0.00193. The van der Waals surface area contributed by atoms with E-state index in [9.17, 15) is 9.18 Å². The highest BCUT2D eigenvalue weighted by atomic mass is 35.5. The average molecular weight is 389 g/mol. The number of carbonyl (C=O) groups is 1. The Bertz CT molecular complexity index is 832. The summed E-state index contributed by atoms with van der Waals surface area (Å²) >= 11 is 5.99. The molecule has 0 spiro atoms. The third kappa shape index (κ3) is 3.76. The van der Waals surface area contributed by atoms with Crippen molar-refractivity contribution in [3.8, 4) is 0 Å². The quantitative estimate of drug-likeness (QED) is 0.873. The van der Waals surface area contributed by atoms with Crippen molar-refractivity contribution in [2.45, 2.75) is 44.6 Å². The number of anilines is 1. The first-order valence-corrected chi connectivity index (χ1v) is 9.84. The largest absolute Gasteiger partial charge is 0.356 e. The molecule has 7 heteroatoms. The van der Waals surface area contributed by atoms with Crippen molar-refractivity contribution in [1.82, 2.24) is 15.3 Å². The lowest BCUT2D eigenvalue weighted by Crippen LogP contribution is -2.45. The van der Waals surface area contributed by atoms with Crippen molar-refractivity contribution < 1.29 is 9.18 Å². The summed E-state index contributed by atoms with van der Waals surface area (Å²) in [7, 11) is 0. The molecule has 1 saturated heterocycles. The van der Waals surface area contributed by atoms with Crippen molar-refractivity contribution in [3.63, 3.8) is 0 Å². The summed E-state index contributed by atoms with van der Waals surface area (Å²) in [5.41, 5.74) is 2.38. The normalized spacial score (nSPS) is 17.5. The van der Waals surface area contributed by atoms with Crippen LogP contribution in [-0.4, -0.2) is 35.0 Å². The van der Waals surface area contributed by atoms with Crippen LogP contribution in [0.3, 0.4) is 0 Å². The molecule has 1 aromatic heterocycles. The van der Waals surface area contributed by atoms with E-state index in [2.05, 4.69) is 20.2 Å². The summed E-state index contributed by atoms with van der Waals surface area (Å²) in [4.78, 5) is 23.7. The van der Waals surface area contributed by atoms with Gasteiger partial charge in [0.15, 0.2) is 0 Å². The first-order chi connectivity index (χ1) is 13.1. The Morgan fingerprint density at radius 2 is 1.96 bits per heavy atom. The van der Waals surface area contributed by atoms with Crippen molar-refractivity contribution in [3.05, 3.63) is 52.2 Å². The molecule has 1 fully saturated rings. The molecule has 1 aliphatic carbocycles. The summed E-state index contributed by atoms with van der Waals surface area (Å²) in [5, 5.41) is 3.06. The predicted octanol–water partition coefficient (Wildman–Crippen LogP) is 3.55. The van der Waals surface area contributed by atoms with E-state index in [1.807, 2.05) is 0 Å². The van der Waals surface area contributed by atoms with Gasteiger partial charge in [-0.1, -0.05) is 17.7 Å². The van der Waals surface area contributed by atoms with Gasteiger partial charge in [-0.25, -0.2) is 14.4 Å². The fourth-order valence-electron chi connectivity index (χ4n) is 3.98. The lowest BCUT2D eigenvalue weighted by Gasteiger charge is -2.35. The highest BCUT2D eigenvalue weighted by molar-refractivity contribution is 6.33. The zero-order chi connectivity index (χ0) is 18.8. The molecule has 1 amide bonds. The van der Waals surface area contributed by atoms with Crippen molar-refractivity contribution in [2.75, 3.05) is 18.0 Å². The number of piperidine rings is 1. The molecule has 0 radical (unpaired) electrons. The summed E-state index contributed by atoms with van der Waals surface area (Å²) in [6.45, 7) is 1.61. The summed E-state index contributed by atoms with van der Waals surface area (Å²) in [5.74, 6) is 0.00244. The number of aromatic nitrogens is 2. The Morgan fingerprint density at radius 1 is 1.19 bits per heavy atom. The number of nitrogens with one attached hydrogen (secondary N) is 1. The maximum Gasteiger partial charge on any atom is 0.255 e. The second-order valence-electron chi connectivity index (χ2n) is 7.16. The maximum atomic E-state index is 13.9. The number of rotatable bonds is 3. The molecular weight excluding hydrogens is 367 g/mol. The van der Waals surface area contributed by atoms with Gasteiger partial charge in [0.25, 0.3) is 5.91 Å². The smallest absolute Gasteiger partial charge is 0.255 e. The number of amides is 1. The van der Waals surface area contributed by atoms with Gasteiger partial charge in [0.1, 0.15) is 18.0 Å². The molecule has 5 nitrogen and oxygen atoms in total. The van der Waals surface area contributed by atoms with E-state index in [4.69, 9.17) is 11.6 Å². The van der Waals surface area contributed by atoms with Gasteiger partial charge in [-0.3, -0.25) is 4.79 Å². The second-order valence-corrected chi connectivity index (χ2v) is 7.57. The minimum Gasteiger partial charge on any atom is -0.356 e. The first-order valence-electron chi connectivity index (χ1n) is 9.46. The van der Waals surface area contributed by atoms with Crippen LogP contribution >= 0.6 is 11.6 Å². The fourth-order valence-corrected chi connectivity index (χ4v) is 4.23. The number of aryl methyl sites for hydroxylation is 1. The van der Waals surface area contributed by atoms with Crippen molar-refractivity contribution >= 4 is 23.3 Å². The number of fused-ring (bicyclic) bond motifs is 1. The van der Waals surface area contributed by atoms with E-state index < -0.39 is 11.7 Å². The molecular formula is C20H22ClFN4O. The van der Waals surface area contributed by atoms with Crippen LogP contribution in [-0.2, 0) is 12.8 Å². The third-order valence-electron chi connectivity index (χ3n) is 5.42. The molecule has 2 heterocycles. The molecule has 1 N–H and O–H groups in total. The van der Waals surface area contributed by atoms with E-state index in [0.717, 1.165) is 44.6 Å². The predicted molar refractivity (Wildman–Crippen MR) is 103 cm³/mol. The molecule has 0 atom stereocenters. The Morgan fingerprint density at radius 3 is 2.74 bits per heavy atom. The van der Waals surface area contributed by atoms with Gasteiger partial charge in [-0.2, -0.15) is 0 Å². The fraction of sp³-hybridized carbons (Fsp3) is 0.450. The highest BCUT2D eigenvalue weighted by Gasteiger charge is 2.26. The number of carbonyl (C=O) groups excluding carboxylic acids is 1. The van der Waals surface area contributed by atoms with Crippen LogP contribution in [0, 0.1) is 5.82 Å². The molecule has 0 saturated carbocycles. The van der Waals surface area contributed by atoms with E-state index in [1.54, 1.807) is 6.33 Å². The van der Waals surface area contributed by atoms with Gasteiger partial charge < -0.3 is 10.2 Å². The minimum atomic E-state index is -0.593. The SMILES string of the molecule is O=C(NC1CCN(c2ncnc3c2CCCC3)CC1)c1c(F)cccc1Cl. The molecule has 0 unspecified atom stereocenters. The summed E-state index contributed by atoms with van der Waals surface area (Å²) in [6.07, 6.45) is 7.68. The molecule has 2 aromatic rings. The monoisotopic (exact) mass is 388 g/mol. The van der Waals surface area contributed by atoms with E-state index >= 15 is 0 Å². The van der Waals surface area contributed by atoms with Gasteiger partial charge in [0, 0.05) is 30.4 Å².